The Morgan fingerprint density at radius 3 is 2.29 bits per heavy atom. The third-order valence-electron chi connectivity index (χ3n) is 3.19. The Kier molecular flexibility index (Phi) is 4.55. The van der Waals surface area contributed by atoms with Gasteiger partial charge in [0.2, 0.25) is 5.60 Å². The van der Waals surface area contributed by atoms with Crippen LogP contribution in [0.1, 0.15) is 39.2 Å². The topological polar surface area (TPSA) is 46.5 Å². The van der Waals surface area contributed by atoms with Crippen molar-refractivity contribution in [1.29, 1.82) is 0 Å². The number of carboxylic acids is 1. The lowest BCUT2D eigenvalue weighted by Crippen LogP contribution is -2.43. The van der Waals surface area contributed by atoms with Gasteiger partial charge in [0, 0.05) is 0 Å². The molecule has 0 spiro atoms. The van der Waals surface area contributed by atoms with E-state index in [-0.39, 0.29) is 0 Å². The number of carbonyl (C=O) groups is 1. The van der Waals surface area contributed by atoms with E-state index < -0.39 is 11.6 Å². The van der Waals surface area contributed by atoms with Crippen LogP contribution in [0, 0.1) is 0 Å². The number of hydrogen-bond donors (Lipinski definition) is 1. The second kappa shape index (κ2) is 5.71. The highest BCUT2D eigenvalue weighted by Gasteiger charge is 2.37. The Balaban J connectivity index is 3.05. The monoisotopic (exact) mass is 236 g/mol. The maximum absolute atomic E-state index is 11.4. The minimum absolute atomic E-state index is 0.455. The first-order valence-corrected chi connectivity index (χ1v) is 6.10. The molecule has 0 aromatic heterocycles. The van der Waals surface area contributed by atoms with Crippen LogP contribution in [0.15, 0.2) is 24.3 Å². The number of rotatable bonds is 6. The standard InChI is InChI=1S/C14H20O3/c1-4-11-9-7-8-10-12(11)17-14(5-2,6-3)13(15)16/h7-10H,4-6H2,1-3H3,(H,15,16). The molecule has 0 heterocycles. The van der Waals surface area contributed by atoms with Gasteiger partial charge < -0.3 is 9.84 Å². The molecule has 3 nitrogen and oxygen atoms in total. The SMILES string of the molecule is CCc1ccccc1OC(CC)(CC)C(=O)O. The van der Waals surface area contributed by atoms with Crippen molar-refractivity contribution in [2.24, 2.45) is 0 Å². The summed E-state index contributed by atoms with van der Waals surface area (Å²) in [5.41, 5.74) is -0.0642. The van der Waals surface area contributed by atoms with Gasteiger partial charge in [0.15, 0.2) is 0 Å². The summed E-state index contributed by atoms with van der Waals surface area (Å²) in [6.07, 6.45) is 1.74. The molecule has 0 aliphatic heterocycles. The molecule has 1 rings (SSSR count). The maximum Gasteiger partial charge on any atom is 0.348 e. The van der Waals surface area contributed by atoms with Gasteiger partial charge in [0.1, 0.15) is 5.75 Å². The molecule has 0 bridgehead atoms. The molecule has 1 aromatic rings. The molecule has 0 unspecified atom stereocenters. The van der Waals surface area contributed by atoms with Crippen LogP contribution >= 0.6 is 0 Å². The molecule has 0 amide bonds. The first-order valence-electron chi connectivity index (χ1n) is 6.10. The van der Waals surface area contributed by atoms with Gasteiger partial charge in [-0.25, -0.2) is 4.79 Å². The quantitative estimate of drug-likeness (QED) is 0.824. The Hall–Kier alpha value is -1.51. The summed E-state index contributed by atoms with van der Waals surface area (Å²) >= 11 is 0. The molecule has 0 saturated heterocycles. The van der Waals surface area contributed by atoms with Crippen LogP contribution in [0.5, 0.6) is 5.75 Å². The Morgan fingerprint density at radius 2 is 1.82 bits per heavy atom. The number of aliphatic carboxylic acids is 1. The summed E-state index contributed by atoms with van der Waals surface area (Å²) in [6.45, 7) is 5.71. The fourth-order valence-corrected chi connectivity index (χ4v) is 1.85. The summed E-state index contributed by atoms with van der Waals surface area (Å²) < 4.78 is 5.78. The smallest absolute Gasteiger partial charge is 0.348 e. The lowest BCUT2D eigenvalue weighted by molar-refractivity contribution is -0.156. The number of aryl methyl sites for hydroxylation is 1. The zero-order valence-electron chi connectivity index (χ0n) is 10.7. The summed E-state index contributed by atoms with van der Waals surface area (Å²) in [4.78, 5) is 11.4. The van der Waals surface area contributed by atoms with Crippen molar-refractivity contribution < 1.29 is 14.6 Å². The molecule has 1 N–H and O–H groups in total. The van der Waals surface area contributed by atoms with E-state index in [2.05, 4.69) is 0 Å². The van der Waals surface area contributed by atoms with E-state index in [1.165, 1.54) is 0 Å². The van der Waals surface area contributed by atoms with Crippen molar-refractivity contribution in [2.75, 3.05) is 0 Å². The third-order valence-corrected chi connectivity index (χ3v) is 3.19. The van der Waals surface area contributed by atoms with E-state index in [0.717, 1.165) is 12.0 Å². The van der Waals surface area contributed by atoms with Gasteiger partial charge in [-0.05, 0) is 30.9 Å². The predicted molar refractivity (Wildman–Crippen MR) is 67.4 cm³/mol. The number of benzene rings is 1. The van der Waals surface area contributed by atoms with Crippen molar-refractivity contribution in [2.45, 2.75) is 45.6 Å². The molecule has 94 valence electrons. The minimum atomic E-state index is -1.11. The molecule has 17 heavy (non-hydrogen) atoms. The van der Waals surface area contributed by atoms with E-state index in [0.29, 0.717) is 18.6 Å². The van der Waals surface area contributed by atoms with Crippen LogP contribution in [0.2, 0.25) is 0 Å². The normalized spacial score (nSPS) is 11.2. The Bertz CT molecular complexity index is 381. The lowest BCUT2D eigenvalue weighted by Gasteiger charge is -2.29. The van der Waals surface area contributed by atoms with Crippen LogP contribution in [0.25, 0.3) is 0 Å². The molecular formula is C14H20O3. The van der Waals surface area contributed by atoms with Gasteiger partial charge in [-0.3, -0.25) is 0 Å². The first kappa shape index (κ1) is 13.6. The number of hydrogen-bond acceptors (Lipinski definition) is 2. The van der Waals surface area contributed by atoms with Crippen LogP contribution in [0.3, 0.4) is 0 Å². The van der Waals surface area contributed by atoms with Crippen LogP contribution in [0.4, 0.5) is 0 Å². The molecule has 0 atom stereocenters. The highest BCUT2D eigenvalue weighted by atomic mass is 16.5. The molecular weight excluding hydrogens is 216 g/mol. The molecule has 0 saturated carbocycles. The highest BCUT2D eigenvalue weighted by Crippen LogP contribution is 2.28. The fraction of sp³-hybridized carbons (Fsp3) is 0.500. The second-order valence-corrected chi connectivity index (χ2v) is 4.07. The van der Waals surface area contributed by atoms with Crippen LogP contribution < -0.4 is 4.74 Å². The van der Waals surface area contributed by atoms with Crippen molar-refractivity contribution in [3.8, 4) is 5.75 Å². The van der Waals surface area contributed by atoms with Gasteiger partial charge in [-0.2, -0.15) is 0 Å². The number of ether oxygens (including phenoxy) is 1. The summed E-state index contributed by atoms with van der Waals surface area (Å²) in [5.74, 6) is -0.213. The molecule has 0 aliphatic carbocycles. The number of para-hydroxylation sites is 1. The van der Waals surface area contributed by atoms with Crippen molar-refractivity contribution in [3.05, 3.63) is 29.8 Å². The largest absolute Gasteiger partial charge is 0.478 e. The van der Waals surface area contributed by atoms with Gasteiger partial charge >= 0.3 is 5.97 Å². The van der Waals surface area contributed by atoms with Gasteiger partial charge in [-0.15, -0.1) is 0 Å². The first-order chi connectivity index (χ1) is 8.09. The predicted octanol–water partition coefficient (Wildman–Crippen LogP) is 3.27. The van der Waals surface area contributed by atoms with E-state index in [4.69, 9.17) is 4.74 Å². The van der Waals surface area contributed by atoms with Crippen molar-refractivity contribution in [3.63, 3.8) is 0 Å². The van der Waals surface area contributed by atoms with E-state index >= 15 is 0 Å². The Morgan fingerprint density at radius 1 is 1.24 bits per heavy atom. The second-order valence-electron chi connectivity index (χ2n) is 4.07. The zero-order chi connectivity index (χ0) is 12.9. The van der Waals surface area contributed by atoms with Gasteiger partial charge in [0.25, 0.3) is 0 Å². The average molecular weight is 236 g/mol. The minimum Gasteiger partial charge on any atom is -0.478 e. The number of carboxylic acid groups (broad SMARTS) is 1. The molecule has 1 aromatic carbocycles. The summed E-state index contributed by atoms with van der Waals surface area (Å²) in [5, 5.41) is 9.32. The van der Waals surface area contributed by atoms with E-state index in [1.54, 1.807) is 0 Å². The lowest BCUT2D eigenvalue weighted by atomic mass is 9.97. The molecule has 0 radical (unpaired) electrons. The van der Waals surface area contributed by atoms with Crippen molar-refractivity contribution >= 4 is 5.97 Å². The van der Waals surface area contributed by atoms with Gasteiger partial charge in [0.05, 0.1) is 0 Å². The van der Waals surface area contributed by atoms with E-state index in [9.17, 15) is 9.90 Å². The van der Waals surface area contributed by atoms with Gasteiger partial charge in [-0.1, -0.05) is 39.0 Å². The average Bonchev–Trinajstić information content (AvgIpc) is 2.36. The highest BCUT2D eigenvalue weighted by molar-refractivity contribution is 5.77. The Labute approximate surface area is 102 Å². The molecule has 3 heteroatoms. The van der Waals surface area contributed by atoms with Crippen LogP contribution in [-0.2, 0) is 11.2 Å². The summed E-state index contributed by atoms with van der Waals surface area (Å²) in [7, 11) is 0. The summed E-state index contributed by atoms with van der Waals surface area (Å²) in [6, 6.07) is 7.60. The maximum atomic E-state index is 11.4. The molecule has 0 fully saturated rings. The van der Waals surface area contributed by atoms with Crippen molar-refractivity contribution in [1.82, 2.24) is 0 Å². The van der Waals surface area contributed by atoms with Crippen LogP contribution in [-0.4, -0.2) is 16.7 Å². The molecule has 0 aliphatic rings. The zero-order valence-corrected chi connectivity index (χ0v) is 10.7. The third kappa shape index (κ3) is 2.78. The van der Waals surface area contributed by atoms with E-state index in [1.807, 2.05) is 45.0 Å². The fourth-order valence-electron chi connectivity index (χ4n) is 1.85.